The molecule has 9 nitrogen and oxygen atoms in total. The summed E-state index contributed by atoms with van der Waals surface area (Å²) in [7, 11) is 0. The average molecular weight is 424 g/mol. The van der Waals surface area contributed by atoms with Crippen LogP contribution in [-0.4, -0.2) is 44.2 Å². The lowest BCUT2D eigenvalue weighted by Crippen LogP contribution is -2.31. The van der Waals surface area contributed by atoms with Crippen molar-refractivity contribution in [1.82, 2.24) is 4.90 Å². The summed E-state index contributed by atoms with van der Waals surface area (Å²) in [6.07, 6.45) is -0.200. The second-order valence-electron chi connectivity index (χ2n) is 7.17. The lowest BCUT2D eigenvalue weighted by molar-refractivity contribution is -0.385. The Kier molecular flexibility index (Phi) is 6.15. The topological polar surface area (TPSA) is 138 Å². The van der Waals surface area contributed by atoms with Crippen molar-refractivity contribution in [2.45, 2.75) is 25.8 Å². The van der Waals surface area contributed by atoms with Crippen LogP contribution in [0.5, 0.6) is 0 Å². The Morgan fingerprint density at radius 3 is 2.35 bits per heavy atom. The molecule has 2 aromatic carbocycles. The fourth-order valence-electron chi connectivity index (χ4n) is 3.59. The summed E-state index contributed by atoms with van der Waals surface area (Å²) < 4.78 is 0. The van der Waals surface area contributed by atoms with Crippen LogP contribution in [0, 0.1) is 17.0 Å². The number of carbonyl (C=O) groups excluding carboxylic acids is 2. The van der Waals surface area contributed by atoms with Gasteiger partial charge < -0.3 is 15.1 Å². The molecular formula is C22H20N2O7. The van der Waals surface area contributed by atoms with Crippen LogP contribution in [0.3, 0.4) is 0 Å². The third-order valence-corrected chi connectivity index (χ3v) is 5.08. The molecule has 0 saturated carbocycles. The number of aliphatic hydroxyl groups excluding tert-OH is 1. The molecule has 0 aromatic heterocycles. The number of nitro benzene ring substituents is 1. The summed E-state index contributed by atoms with van der Waals surface area (Å²) >= 11 is 0. The van der Waals surface area contributed by atoms with Crippen LogP contribution in [0.2, 0.25) is 0 Å². The van der Waals surface area contributed by atoms with E-state index in [-0.39, 0.29) is 41.8 Å². The smallest absolute Gasteiger partial charge is 0.303 e. The fraction of sp³-hybridized carbons (Fsp3) is 0.227. The van der Waals surface area contributed by atoms with E-state index in [1.165, 1.54) is 24.3 Å². The molecule has 1 amide bonds. The van der Waals surface area contributed by atoms with Crippen LogP contribution in [0.25, 0.3) is 5.76 Å². The number of rotatable bonds is 7. The molecular weight excluding hydrogens is 404 g/mol. The molecule has 0 spiro atoms. The van der Waals surface area contributed by atoms with E-state index in [0.717, 1.165) is 10.5 Å². The first kappa shape index (κ1) is 21.7. The van der Waals surface area contributed by atoms with E-state index >= 15 is 0 Å². The normalized spacial score (nSPS) is 17.7. The maximum atomic E-state index is 12.9. The maximum absolute atomic E-state index is 12.9. The second-order valence-corrected chi connectivity index (χ2v) is 7.17. The van der Waals surface area contributed by atoms with Gasteiger partial charge in [0.05, 0.1) is 22.1 Å². The Labute approximate surface area is 177 Å². The molecule has 1 aliphatic rings. The van der Waals surface area contributed by atoms with Crippen LogP contribution in [0.4, 0.5) is 5.69 Å². The fourth-order valence-corrected chi connectivity index (χ4v) is 3.59. The highest BCUT2D eigenvalue weighted by Crippen LogP contribution is 2.42. The summed E-state index contributed by atoms with van der Waals surface area (Å²) in [5.74, 6) is -3.43. The Bertz CT molecular complexity index is 1090. The number of amides is 1. The van der Waals surface area contributed by atoms with Gasteiger partial charge in [-0.05, 0) is 19.4 Å². The zero-order valence-corrected chi connectivity index (χ0v) is 16.6. The Morgan fingerprint density at radius 2 is 1.74 bits per heavy atom. The van der Waals surface area contributed by atoms with Crippen molar-refractivity contribution in [3.05, 3.63) is 80.9 Å². The van der Waals surface area contributed by atoms with E-state index in [0.29, 0.717) is 0 Å². The predicted octanol–water partition coefficient (Wildman–Crippen LogP) is 3.19. The van der Waals surface area contributed by atoms with Crippen molar-refractivity contribution in [3.63, 3.8) is 0 Å². The molecule has 2 aromatic rings. The van der Waals surface area contributed by atoms with Gasteiger partial charge in [0, 0.05) is 24.6 Å². The van der Waals surface area contributed by atoms with Gasteiger partial charge in [0.1, 0.15) is 5.76 Å². The molecule has 160 valence electrons. The van der Waals surface area contributed by atoms with Crippen molar-refractivity contribution in [1.29, 1.82) is 0 Å². The number of ketones is 1. The van der Waals surface area contributed by atoms with Gasteiger partial charge in [0.2, 0.25) is 0 Å². The Hall–Kier alpha value is -4.01. The first-order valence-corrected chi connectivity index (χ1v) is 9.53. The largest absolute Gasteiger partial charge is 0.507 e. The van der Waals surface area contributed by atoms with Gasteiger partial charge in [-0.3, -0.25) is 24.5 Å². The Balaban J connectivity index is 2.18. The second kappa shape index (κ2) is 8.78. The van der Waals surface area contributed by atoms with Crippen molar-refractivity contribution >= 4 is 29.1 Å². The van der Waals surface area contributed by atoms with E-state index in [1.807, 2.05) is 6.92 Å². The van der Waals surface area contributed by atoms with Gasteiger partial charge in [-0.15, -0.1) is 0 Å². The van der Waals surface area contributed by atoms with Gasteiger partial charge in [-0.25, -0.2) is 0 Å². The molecule has 0 radical (unpaired) electrons. The minimum atomic E-state index is -1.21. The number of carboxylic acid groups (broad SMARTS) is 1. The highest BCUT2D eigenvalue weighted by Gasteiger charge is 2.47. The number of aliphatic carboxylic acids is 1. The molecule has 0 aliphatic carbocycles. The van der Waals surface area contributed by atoms with E-state index in [2.05, 4.69) is 0 Å². The number of para-hydroxylation sites is 1. The standard InChI is InChI=1S/C22H20N2O7/c1-13-8-10-14(11-9-13)20(27)18-19(15-5-2-3-6-16(15)24(30)31)23(22(29)21(18)28)12-4-7-17(25)26/h2-3,5-6,8-11,19,27H,4,7,12H2,1H3,(H,25,26)/b20-18+/t19-/m0/s1. The van der Waals surface area contributed by atoms with Crippen LogP contribution in [-0.2, 0) is 14.4 Å². The van der Waals surface area contributed by atoms with Crippen LogP contribution < -0.4 is 0 Å². The van der Waals surface area contributed by atoms with Crippen molar-refractivity contribution in [3.8, 4) is 0 Å². The first-order chi connectivity index (χ1) is 14.7. The SMILES string of the molecule is Cc1ccc(/C(O)=C2\C(=O)C(=O)N(CCCC(=O)O)[C@H]2c2ccccc2[N+](=O)[O-])cc1. The molecule has 1 atom stereocenters. The van der Waals surface area contributed by atoms with Gasteiger partial charge in [0.25, 0.3) is 17.4 Å². The highest BCUT2D eigenvalue weighted by atomic mass is 16.6. The van der Waals surface area contributed by atoms with Gasteiger partial charge >= 0.3 is 5.97 Å². The lowest BCUT2D eigenvalue weighted by atomic mass is 9.94. The number of likely N-dealkylation sites (tertiary alicyclic amines) is 1. The van der Waals surface area contributed by atoms with E-state index in [9.17, 15) is 29.6 Å². The third kappa shape index (κ3) is 4.30. The summed E-state index contributed by atoms with van der Waals surface area (Å²) in [5.41, 5.74) is 0.695. The number of carbonyl (C=O) groups is 3. The number of aliphatic hydroxyl groups is 1. The van der Waals surface area contributed by atoms with Crippen LogP contribution in [0.1, 0.15) is 35.6 Å². The van der Waals surface area contributed by atoms with Crippen molar-refractivity contribution in [2.75, 3.05) is 6.54 Å². The minimum absolute atomic E-state index is 0.0457. The summed E-state index contributed by atoms with van der Waals surface area (Å²) in [6.45, 7) is 1.73. The molecule has 0 unspecified atom stereocenters. The molecule has 3 rings (SSSR count). The zero-order chi connectivity index (χ0) is 22.7. The van der Waals surface area contributed by atoms with E-state index in [4.69, 9.17) is 5.11 Å². The molecule has 31 heavy (non-hydrogen) atoms. The van der Waals surface area contributed by atoms with Gasteiger partial charge in [0.15, 0.2) is 0 Å². The number of hydrogen-bond donors (Lipinski definition) is 2. The molecule has 1 aliphatic heterocycles. The van der Waals surface area contributed by atoms with Crippen LogP contribution in [0.15, 0.2) is 54.1 Å². The molecule has 2 N–H and O–H groups in total. The number of nitro groups is 1. The number of nitrogens with zero attached hydrogens (tertiary/aromatic N) is 2. The number of aryl methyl sites for hydroxylation is 1. The van der Waals surface area contributed by atoms with Crippen molar-refractivity contribution < 1.29 is 29.5 Å². The zero-order valence-electron chi connectivity index (χ0n) is 16.6. The molecule has 1 fully saturated rings. The number of hydrogen-bond acceptors (Lipinski definition) is 6. The third-order valence-electron chi connectivity index (χ3n) is 5.08. The maximum Gasteiger partial charge on any atom is 0.303 e. The highest BCUT2D eigenvalue weighted by molar-refractivity contribution is 6.46. The average Bonchev–Trinajstić information content (AvgIpc) is 2.98. The van der Waals surface area contributed by atoms with Crippen molar-refractivity contribution in [2.24, 2.45) is 0 Å². The summed E-state index contributed by atoms with van der Waals surface area (Å²) in [5, 5.41) is 31.4. The van der Waals surface area contributed by atoms with E-state index < -0.39 is 34.4 Å². The lowest BCUT2D eigenvalue weighted by Gasteiger charge is -2.25. The molecule has 9 heteroatoms. The first-order valence-electron chi connectivity index (χ1n) is 9.53. The minimum Gasteiger partial charge on any atom is -0.507 e. The summed E-state index contributed by atoms with van der Waals surface area (Å²) in [6, 6.07) is 11.1. The number of Topliss-reactive ketones (excluding diaryl/α,β-unsaturated/α-hetero) is 1. The molecule has 1 heterocycles. The van der Waals surface area contributed by atoms with Crippen LogP contribution >= 0.6 is 0 Å². The summed E-state index contributed by atoms with van der Waals surface area (Å²) in [4.78, 5) is 48.6. The predicted molar refractivity (Wildman–Crippen MR) is 110 cm³/mol. The van der Waals surface area contributed by atoms with E-state index in [1.54, 1.807) is 24.3 Å². The van der Waals surface area contributed by atoms with Gasteiger partial charge in [-0.2, -0.15) is 0 Å². The quantitative estimate of drug-likeness (QED) is 0.229. The number of carboxylic acids is 1. The monoisotopic (exact) mass is 424 g/mol. The molecule has 0 bridgehead atoms. The molecule has 1 saturated heterocycles. The Morgan fingerprint density at radius 1 is 1.10 bits per heavy atom. The number of benzene rings is 2. The van der Waals surface area contributed by atoms with Gasteiger partial charge in [-0.1, -0.05) is 42.0 Å².